The van der Waals surface area contributed by atoms with Gasteiger partial charge in [0.2, 0.25) is 0 Å². The van der Waals surface area contributed by atoms with E-state index in [1.165, 1.54) is 58.5 Å². The van der Waals surface area contributed by atoms with E-state index >= 15 is 0 Å². The number of carbonyl (C=O) groups excluding carboxylic acids is 2. The van der Waals surface area contributed by atoms with Gasteiger partial charge in [-0.05, 0) is 18.6 Å². The number of benzene rings is 1. The SMILES string of the molecule is CCCCCCCCCCOC(=O)OOOC(=O)c1cc(OC)cc(OC)c1. The highest BCUT2D eigenvalue weighted by Crippen LogP contribution is 2.23. The summed E-state index contributed by atoms with van der Waals surface area (Å²) in [6, 6.07) is 4.44. The van der Waals surface area contributed by atoms with E-state index in [-0.39, 0.29) is 12.2 Å². The molecule has 0 atom stereocenters. The van der Waals surface area contributed by atoms with Gasteiger partial charge in [0.25, 0.3) is 0 Å². The van der Waals surface area contributed by atoms with Crippen LogP contribution in [0, 0.1) is 0 Å². The van der Waals surface area contributed by atoms with Crippen molar-refractivity contribution >= 4 is 12.1 Å². The fourth-order valence-electron chi connectivity index (χ4n) is 2.46. The lowest BCUT2D eigenvalue weighted by Crippen LogP contribution is -2.13. The fourth-order valence-corrected chi connectivity index (χ4v) is 2.46. The maximum absolute atomic E-state index is 11.9. The van der Waals surface area contributed by atoms with Crippen LogP contribution in [0.1, 0.15) is 68.6 Å². The lowest BCUT2D eigenvalue weighted by molar-refractivity contribution is -0.452. The molecule has 0 heterocycles. The zero-order valence-electron chi connectivity index (χ0n) is 16.9. The first-order valence-corrected chi connectivity index (χ1v) is 9.56. The first kappa shape index (κ1) is 23.6. The molecule has 0 saturated heterocycles. The summed E-state index contributed by atoms with van der Waals surface area (Å²) in [4.78, 5) is 31.9. The number of methoxy groups -OCH3 is 2. The van der Waals surface area contributed by atoms with E-state index in [4.69, 9.17) is 14.2 Å². The van der Waals surface area contributed by atoms with Crippen LogP contribution in [-0.2, 0) is 19.6 Å². The molecule has 0 bridgehead atoms. The monoisotopic (exact) mass is 398 g/mol. The van der Waals surface area contributed by atoms with Crippen molar-refractivity contribution in [1.82, 2.24) is 0 Å². The highest BCUT2D eigenvalue weighted by molar-refractivity contribution is 5.90. The number of ether oxygens (including phenoxy) is 3. The van der Waals surface area contributed by atoms with E-state index in [9.17, 15) is 9.59 Å². The summed E-state index contributed by atoms with van der Waals surface area (Å²) in [6.07, 6.45) is 8.00. The Kier molecular flexibility index (Phi) is 12.3. The summed E-state index contributed by atoms with van der Waals surface area (Å²) in [5.74, 6) is -0.0814. The summed E-state index contributed by atoms with van der Waals surface area (Å²) in [6.45, 7) is 2.41. The molecule has 158 valence electrons. The van der Waals surface area contributed by atoms with Gasteiger partial charge in [-0.3, -0.25) is 4.89 Å². The van der Waals surface area contributed by atoms with Crippen molar-refractivity contribution in [2.45, 2.75) is 58.3 Å². The maximum Gasteiger partial charge on any atom is 0.543 e. The van der Waals surface area contributed by atoms with Crippen molar-refractivity contribution in [1.29, 1.82) is 0 Å². The third-order valence-corrected chi connectivity index (χ3v) is 4.02. The second-order valence-electron chi connectivity index (χ2n) is 6.20. The summed E-state index contributed by atoms with van der Waals surface area (Å²) in [5.41, 5.74) is 0.104. The van der Waals surface area contributed by atoms with Crippen molar-refractivity contribution in [3.8, 4) is 11.5 Å². The number of hydrogen-bond acceptors (Lipinski definition) is 8. The second-order valence-corrected chi connectivity index (χ2v) is 6.20. The van der Waals surface area contributed by atoms with Gasteiger partial charge >= 0.3 is 12.1 Å². The number of unbranched alkanes of at least 4 members (excludes halogenated alkanes) is 7. The third-order valence-electron chi connectivity index (χ3n) is 4.02. The van der Waals surface area contributed by atoms with E-state index in [2.05, 4.69) is 21.7 Å². The zero-order chi connectivity index (χ0) is 20.6. The van der Waals surface area contributed by atoms with E-state index in [1.807, 2.05) is 0 Å². The molecular weight excluding hydrogens is 368 g/mol. The zero-order valence-corrected chi connectivity index (χ0v) is 16.9. The van der Waals surface area contributed by atoms with Crippen molar-refractivity contribution in [2.24, 2.45) is 0 Å². The van der Waals surface area contributed by atoms with Gasteiger partial charge in [0, 0.05) is 6.07 Å². The summed E-state index contributed by atoms with van der Waals surface area (Å²) >= 11 is 0. The Hall–Kier alpha value is -2.48. The molecule has 1 aromatic rings. The Labute approximate surface area is 165 Å². The standard InChI is InChI=1S/C20H30O8/c1-4-5-6-7-8-9-10-11-12-25-20(22)27-28-26-19(21)16-13-17(23-2)15-18(14-16)24-3/h13-15H,4-12H2,1-3H3. The molecule has 8 nitrogen and oxygen atoms in total. The molecule has 0 aliphatic rings. The van der Waals surface area contributed by atoms with Crippen molar-refractivity contribution < 1.29 is 38.6 Å². The lowest BCUT2D eigenvalue weighted by Gasteiger charge is -2.07. The molecule has 0 aromatic heterocycles. The Morgan fingerprint density at radius 3 is 1.93 bits per heavy atom. The third kappa shape index (κ3) is 10.0. The predicted octanol–water partition coefficient (Wildman–Crippen LogP) is 5.00. The Bertz CT molecular complexity index is 565. The van der Waals surface area contributed by atoms with Gasteiger partial charge in [-0.15, -0.1) is 0 Å². The molecule has 28 heavy (non-hydrogen) atoms. The van der Waals surface area contributed by atoms with Crippen LogP contribution in [0.15, 0.2) is 18.2 Å². The van der Waals surface area contributed by atoms with Crippen LogP contribution in [0.25, 0.3) is 0 Å². The molecule has 0 unspecified atom stereocenters. The lowest BCUT2D eigenvalue weighted by atomic mass is 10.1. The Morgan fingerprint density at radius 1 is 0.786 bits per heavy atom. The van der Waals surface area contributed by atoms with Crippen LogP contribution in [0.3, 0.4) is 0 Å². The topological polar surface area (TPSA) is 89.5 Å². The van der Waals surface area contributed by atoms with Crippen LogP contribution >= 0.6 is 0 Å². The molecular formula is C20H30O8. The first-order valence-electron chi connectivity index (χ1n) is 9.56. The highest BCUT2D eigenvalue weighted by Gasteiger charge is 2.14. The normalized spacial score (nSPS) is 10.2. The van der Waals surface area contributed by atoms with E-state index in [0.29, 0.717) is 11.5 Å². The molecule has 0 amide bonds. The minimum Gasteiger partial charge on any atom is -0.497 e. The predicted molar refractivity (Wildman–Crippen MR) is 101 cm³/mol. The van der Waals surface area contributed by atoms with Gasteiger partial charge in [-0.25, -0.2) is 14.5 Å². The van der Waals surface area contributed by atoms with Gasteiger partial charge in [-0.1, -0.05) is 51.9 Å². The maximum atomic E-state index is 11.9. The average Bonchev–Trinajstić information content (AvgIpc) is 2.71. The molecule has 1 rings (SSSR count). The number of rotatable bonds is 14. The van der Waals surface area contributed by atoms with E-state index < -0.39 is 12.1 Å². The summed E-state index contributed by atoms with van der Waals surface area (Å²) < 4.78 is 14.9. The quantitative estimate of drug-likeness (QED) is 0.187. The van der Waals surface area contributed by atoms with Crippen molar-refractivity contribution in [3.63, 3.8) is 0 Å². The smallest absolute Gasteiger partial charge is 0.497 e. The van der Waals surface area contributed by atoms with Gasteiger partial charge < -0.3 is 14.2 Å². The molecule has 0 spiro atoms. The average molecular weight is 398 g/mol. The Morgan fingerprint density at radius 2 is 1.36 bits per heavy atom. The molecule has 0 fully saturated rings. The molecule has 0 aliphatic carbocycles. The highest BCUT2D eigenvalue weighted by atomic mass is 17.5. The summed E-state index contributed by atoms with van der Waals surface area (Å²) in [7, 11) is 2.90. The van der Waals surface area contributed by atoms with Crippen LogP contribution < -0.4 is 9.47 Å². The minimum atomic E-state index is -1.07. The van der Waals surface area contributed by atoms with Gasteiger partial charge in [0.1, 0.15) is 11.5 Å². The minimum absolute atomic E-state index is 0.104. The fraction of sp³-hybridized carbons (Fsp3) is 0.600. The van der Waals surface area contributed by atoms with Crippen molar-refractivity contribution in [2.75, 3.05) is 20.8 Å². The molecule has 1 aromatic carbocycles. The molecule has 8 heteroatoms. The van der Waals surface area contributed by atoms with Gasteiger partial charge in [0.15, 0.2) is 0 Å². The largest absolute Gasteiger partial charge is 0.543 e. The van der Waals surface area contributed by atoms with Gasteiger partial charge in [-0.2, -0.15) is 0 Å². The van der Waals surface area contributed by atoms with Crippen LogP contribution in [-0.4, -0.2) is 33.0 Å². The van der Waals surface area contributed by atoms with Crippen LogP contribution in [0.2, 0.25) is 0 Å². The number of carbonyl (C=O) groups is 2. The second kappa shape index (κ2) is 14.6. The molecule has 0 N–H and O–H groups in total. The Balaban J connectivity index is 2.15. The van der Waals surface area contributed by atoms with Crippen LogP contribution in [0.4, 0.5) is 4.79 Å². The van der Waals surface area contributed by atoms with Crippen molar-refractivity contribution in [3.05, 3.63) is 23.8 Å². The number of hydrogen-bond donors (Lipinski definition) is 0. The first-order chi connectivity index (χ1) is 13.6. The van der Waals surface area contributed by atoms with E-state index in [1.54, 1.807) is 6.07 Å². The van der Waals surface area contributed by atoms with E-state index in [0.717, 1.165) is 19.3 Å². The van der Waals surface area contributed by atoms with Crippen LogP contribution in [0.5, 0.6) is 11.5 Å². The summed E-state index contributed by atoms with van der Waals surface area (Å²) in [5, 5.41) is 4.19. The molecule has 0 radical (unpaired) electrons. The van der Waals surface area contributed by atoms with Gasteiger partial charge in [0.05, 0.1) is 31.4 Å². The molecule has 0 saturated carbocycles. The molecule has 0 aliphatic heterocycles.